The highest BCUT2D eigenvalue weighted by Gasteiger charge is 2.05. The van der Waals surface area contributed by atoms with Gasteiger partial charge < -0.3 is 4.57 Å². The number of fused-ring (bicyclic) bond motifs is 1. The SMILES string of the molecule is Cc1cccc2ccn(-c3ccc(F)cc3)c12. The molecule has 3 aromatic rings. The maximum absolute atomic E-state index is 12.9. The number of aromatic nitrogens is 1. The number of aryl methyl sites for hydroxylation is 1. The van der Waals surface area contributed by atoms with Gasteiger partial charge in [0, 0.05) is 17.3 Å². The first kappa shape index (κ1) is 10.1. The minimum Gasteiger partial charge on any atom is -0.316 e. The molecule has 0 atom stereocenters. The molecule has 0 aliphatic rings. The number of halogens is 1. The number of hydrogen-bond donors (Lipinski definition) is 0. The average Bonchev–Trinajstić information content (AvgIpc) is 2.75. The molecule has 0 bridgehead atoms. The van der Waals surface area contributed by atoms with E-state index in [1.807, 2.05) is 12.3 Å². The van der Waals surface area contributed by atoms with E-state index in [4.69, 9.17) is 0 Å². The van der Waals surface area contributed by atoms with Crippen LogP contribution in [0, 0.1) is 12.7 Å². The summed E-state index contributed by atoms with van der Waals surface area (Å²) in [6.07, 6.45) is 2.02. The quantitative estimate of drug-likeness (QED) is 0.588. The highest BCUT2D eigenvalue weighted by atomic mass is 19.1. The zero-order valence-corrected chi connectivity index (χ0v) is 9.52. The largest absolute Gasteiger partial charge is 0.316 e. The van der Waals surface area contributed by atoms with Gasteiger partial charge in [-0.3, -0.25) is 0 Å². The van der Waals surface area contributed by atoms with Crippen LogP contribution in [0.2, 0.25) is 0 Å². The lowest BCUT2D eigenvalue weighted by Crippen LogP contribution is -1.93. The minimum absolute atomic E-state index is 0.207. The Morgan fingerprint density at radius 2 is 1.71 bits per heavy atom. The molecule has 0 spiro atoms. The van der Waals surface area contributed by atoms with E-state index in [1.54, 1.807) is 12.1 Å². The normalized spacial score (nSPS) is 10.9. The Morgan fingerprint density at radius 3 is 2.47 bits per heavy atom. The summed E-state index contributed by atoms with van der Waals surface area (Å²) in [5.74, 6) is -0.207. The molecule has 1 aromatic heterocycles. The Labute approximate surface area is 99.1 Å². The molecule has 0 saturated heterocycles. The number of para-hydroxylation sites is 1. The predicted octanol–water partition coefficient (Wildman–Crippen LogP) is 4.08. The van der Waals surface area contributed by atoms with E-state index in [1.165, 1.54) is 28.6 Å². The van der Waals surface area contributed by atoms with Crippen LogP contribution in [0.15, 0.2) is 54.7 Å². The minimum atomic E-state index is -0.207. The lowest BCUT2D eigenvalue weighted by molar-refractivity contribution is 0.627. The fraction of sp³-hybridized carbons (Fsp3) is 0.0667. The zero-order chi connectivity index (χ0) is 11.8. The predicted molar refractivity (Wildman–Crippen MR) is 68.0 cm³/mol. The topological polar surface area (TPSA) is 4.93 Å². The van der Waals surface area contributed by atoms with Crippen LogP contribution in [0.25, 0.3) is 16.6 Å². The Balaban J connectivity index is 2.27. The molecular formula is C15H12FN. The fourth-order valence-electron chi connectivity index (χ4n) is 2.19. The smallest absolute Gasteiger partial charge is 0.123 e. The van der Waals surface area contributed by atoms with Crippen LogP contribution in [-0.2, 0) is 0 Å². The highest BCUT2D eigenvalue weighted by molar-refractivity contribution is 5.84. The van der Waals surface area contributed by atoms with Gasteiger partial charge in [0.05, 0.1) is 5.52 Å². The zero-order valence-electron chi connectivity index (χ0n) is 9.52. The fourth-order valence-corrected chi connectivity index (χ4v) is 2.19. The van der Waals surface area contributed by atoms with E-state index in [-0.39, 0.29) is 5.82 Å². The van der Waals surface area contributed by atoms with Crippen LogP contribution in [0.1, 0.15) is 5.56 Å². The first-order valence-electron chi connectivity index (χ1n) is 5.58. The third-order valence-corrected chi connectivity index (χ3v) is 3.02. The van der Waals surface area contributed by atoms with Crippen LogP contribution in [0.4, 0.5) is 4.39 Å². The lowest BCUT2D eigenvalue weighted by Gasteiger charge is -2.07. The number of benzene rings is 2. The van der Waals surface area contributed by atoms with Crippen LogP contribution < -0.4 is 0 Å². The molecule has 1 nitrogen and oxygen atoms in total. The van der Waals surface area contributed by atoms with E-state index >= 15 is 0 Å². The van der Waals surface area contributed by atoms with Gasteiger partial charge in [-0.1, -0.05) is 18.2 Å². The lowest BCUT2D eigenvalue weighted by atomic mass is 10.1. The first-order chi connectivity index (χ1) is 8.25. The summed E-state index contributed by atoms with van der Waals surface area (Å²) >= 11 is 0. The van der Waals surface area contributed by atoms with E-state index in [2.05, 4.69) is 29.7 Å². The maximum atomic E-state index is 12.9. The van der Waals surface area contributed by atoms with Crippen molar-refractivity contribution >= 4 is 10.9 Å². The van der Waals surface area contributed by atoms with Gasteiger partial charge >= 0.3 is 0 Å². The van der Waals surface area contributed by atoms with Gasteiger partial charge in [0.25, 0.3) is 0 Å². The number of hydrogen-bond acceptors (Lipinski definition) is 0. The molecule has 0 saturated carbocycles. The molecule has 0 N–H and O–H groups in total. The summed E-state index contributed by atoms with van der Waals surface area (Å²) in [5.41, 5.74) is 3.38. The third-order valence-electron chi connectivity index (χ3n) is 3.02. The van der Waals surface area contributed by atoms with E-state index in [0.717, 1.165) is 5.69 Å². The van der Waals surface area contributed by atoms with Gasteiger partial charge in [-0.15, -0.1) is 0 Å². The van der Waals surface area contributed by atoms with Gasteiger partial charge in [-0.05, 0) is 42.8 Å². The summed E-state index contributed by atoms with van der Waals surface area (Å²) in [7, 11) is 0. The summed E-state index contributed by atoms with van der Waals surface area (Å²) < 4.78 is 15.0. The second-order valence-electron chi connectivity index (χ2n) is 4.17. The standard InChI is InChI=1S/C15H12FN/c1-11-3-2-4-12-9-10-17(15(11)12)14-7-5-13(16)6-8-14/h2-10H,1H3. The monoisotopic (exact) mass is 225 g/mol. The molecule has 0 aliphatic carbocycles. The molecular weight excluding hydrogens is 213 g/mol. The molecule has 3 rings (SSSR count). The van der Waals surface area contributed by atoms with Gasteiger partial charge in [-0.2, -0.15) is 0 Å². The van der Waals surface area contributed by atoms with Crippen molar-refractivity contribution in [3.8, 4) is 5.69 Å². The molecule has 1 heterocycles. The molecule has 0 radical (unpaired) electrons. The average molecular weight is 225 g/mol. The molecule has 0 fully saturated rings. The Hall–Kier alpha value is -2.09. The van der Waals surface area contributed by atoms with Crippen molar-refractivity contribution in [2.45, 2.75) is 6.92 Å². The Bertz CT molecular complexity index is 665. The molecule has 0 unspecified atom stereocenters. The molecule has 2 heteroatoms. The summed E-state index contributed by atoms with van der Waals surface area (Å²) in [6, 6.07) is 14.9. The van der Waals surface area contributed by atoms with Crippen molar-refractivity contribution in [2.75, 3.05) is 0 Å². The highest BCUT2D eigenvalue weighted by Crippen LogP contribution is 2.23. The molecule has 0 aliphatic heterocycles. The summed E-state index contributed by atoms with van der Waals surface area (Å²) in [5, 5.41) is 1.20. The first-order valence-corrected chi connectivity index (χ1v) is 5.58. The van der Waals surface area contributed by atoms with Crippen LogP contribution >= 0.6 is 0 Å². The van der Waals surface area contributed by atoms with Crippen molar-refractivity contribution in [3.63, 3.8) is 0 Å². The maximum Gasteiger partial charge on any atom is 0.123 e. The molecule has 2 aromatic carbocycles. The second kappa shape index (κ2) is 3.74. The summed E-state index contributed by atoms with van der Waals surface area (Å²) in [4.78, 5) is 0. The molecule has 0 amide bonds. The van der Waals surface area contributed by atoms with Crippen molar-refractivity contribution in [1.29, 1.82) is 0 Å². The van der Waals surface area contributed by atoms with Crippen molar-refractivity contribution in [1.82, 2.24) is 4.57 Å². The Morgan fingerprint density at radius 1 is 0.941 bits per heavy atom. The van der Waals surface area contributed by atoms with Crippen molar-refractivity contribution in [3.05, 3.63) is 66.1 Å². The van der Waals surface area contributed by atoms with Crippen molar-refractivity contribution in [2.24, 2.45) is 0 Å². The second-order valence-corrected chi connectivity index (χ2v) is 4.17. The van der Waals surface area contributed by atoms with E-state index in [0.29, 0.717) is 0 Å². The van der Waals surface area contributed by atoms with Crippen molar-refractivity contribution < 1.29 is 4.39 Å². The van der Waals surface area contributed by atoms with E-state index < -0.39 is 0 Å². The van der Waals surface area contributed by atoms with Gasteiger partial charge in [0.1, 0.15) is 5.82 Å². The van der Waals surface area contributed by atoms with Gasteiger partial charge in [-0.25, -0.2) is 4.39 Å². The number of nitrogens with zero attached hydrogens (tertiary/aromatic N) is 1. The molecule has 84 valence electrons. The van der Waals surface area contributed by atoms with Gasteiger partial charge in [0.15, 0.2) is 0 Å². The van der Waals surface area contributed by atoms with Crippen LogP contribution in [0.5, 0.6) is 0 Å². The van der Waals surface area contributed by atoms with Crippen LogP contribution in [-0.4, -0.2) is 4.57 Å². The summed E-state index contributed by atoms with van der Waals surface area (Å²) in [6.45, 7) is 2.09. The van der Waals surface area contributed by atoms with E-state index in [9.17, 15) is 4.39 Å². The molecule has 17 heavy (non-hydrogen) atoms. The Kier molecular flexibility index (Phi) is 2.22. The van der Waals surface area contributed by atoms with Crippen LogP contribution in [0.3, 0.4) is 0 Å². The van der Waals surface area contributed by atoms with Gasteiger partial charge in [0.2, 0.25) is 0 Å². The number of rotatable bonds is 1. The third kappa shape index (κ3) is 1.62.